The van der Waals surface area contributed by atoms with Crippen LogP contribution in [0.4, 0.5) is 0 Å². The number of nitrogens with zero attached hydrogens (tertiary/aromatic N) is 2. The smallest absolute Gasteiger partial charge is 0.261 e. The van der Waals surface area contributed by atoms with E-state index in [0.29, 0.717) is 6.54 Å². The Kier molecular flexibility index (Phi) is 3.75. The van der Waals surface area contributed by atoms with E-state index in [9.17, 15) is 9.59 Å². The summed E-state index contributed by atoms with van der Waals surface area (Å²) in [4.78, 5) is 32.2. The summed E-state index contributed by atoms with van der Waals surface area (Å²) in [5.74, 6) is 0.805. The fourth-order valence-corrected chi connectivity index (χ4v) is 3.81. The number of hydrogen-bond acceptors (Lipinski definition) is 3. The number of pyridine rings is 1. The van der Waals surface area contributed by atoms with Gasteiger partial charge in [0.05, 0.1) is 5.69 Å². The van der Waals surface area contributed by atoms with Crippen LogP contribution in [0.5, 0.6) is 0 Å². The first-order chi connectivity index (χ1) is 11.6. The molecule has 1 unspecified atom stereocenters. The summed E-state index contributed by atoms with van der Waals surface area (Å²) < 4.78 is 2.10. The number of aromatic nitrogens is 3. The third kappa shape index (κ3) is 2.77. The SMILES string of the molecule is Cc1cn2c(n1)CCC(NC(=O)c1cc3c([nH]c1=O)CCCC3)C2. The first-order valence-electron chi connectivity index (χ1n) is 8.69. The van der Waals surface area contributed by atoms with Gasteiger partial charge in [0.25, 0.3) is 11.5 Å². The maximum atomic E-state index is 12.6. The topological polar surface area (TPSA) is 79.8 Å². The van der Waals surface area contributed by atoms with Crippen molar-refractivity contribution in [1.29, 1.82) is 0 Å². The number of aromatic amines is 1. The van der Waals surface area contributed by atoms with Crippen LogP contribution < -0.4 is 10.9 Å². The number of aryl methyl sites for hydroxylation is 4. The summed E-state index contributed by atoms with van der Waals surface area (Å²) in [7, 11) is 0. The summed E-state index contributed by atoms with van der Waals surface area (Å²) in [6.07, 6.45) is 7.77. The molecule has 1 aliphatic carbocycles. The van der Waals surface area contributed by atoms with E-state index in [-0.39, 0.29) is 23.1 Å². The molecule has 1 aliphatic heterocycles. The Morgan fingerprint density at radius 3 is 3.04 bits per heavy atom. The van der Waals surface area contributed by atoms with Crippen molar-refractivity contribution in [3.05, 3.63) is 51.0 Å². The lowest BCUT2D eigenvalue weighted by molar-refractivity contribution is 0.0926. The van der Waals surface area contributed by atoms with Crippen molar-refractivity contribution in [2.75, 3.05) is 0 Å². The molecule has 2 aromatic rings. The van der Waals surface area contributed by atoms with Gasteiger partial charge in [-0.3, -0.25) is 9.59 Å². The number of H-pyrrole nitrogens is 1. The van der Waals surface area contributed by atoms with Gasteiger partial charge < -0.3 is 14.9 Å². The molecule has 0 aromatic carbocycles. The summed E-state index contributed by atoms with van der Waals surface area (Å²) in [5, 5.41) is 3.03. The molecule has 0 radical (unpaired) electrons. The average molecular weight is 326 g/mol. The number of carbonyl (C=O) groups excluding carboxylic acids is 1. The van der Waals surface area contributed by atoms with Crippen LogP contribution in [0.15, 0.2) is 17.1 Å². The Morgan fingerprint density at radius 2 is 2.17 bits per heavy atom. The lowest BCUT2D eigenvalue weighted by atomic mass is 9.95. The van der Waals surface area contributed by atoms with Crippen molar-refractivity contribution in [3.63, 3.8) is 0 Å². The first-order valence-corrected chi connectivity index (χ1v) is 8.69. The molecule has 6 heteroatoms. The zero-order chi connectivity index (χ0) is 16.7. The standard InChI is InChI=1S/C18H22N4O2/c1-11-9-22-10-13(6-7-16(22)19-11)20-17(23)14-8-12-4-2-3-5-15(12)21-18(14)24/h8-9,13H,2-7,10H2,1H3,(H,20,23)(H,21,24). The second kappa shape index (κ2) is 5.92. The Morgan fingerprint density at radius 1 is 1.33 bits per heavy atom. The predicted octanol–water partition coefficient (Wildman–Crippen LogP) is 1.50. The molecule has 1 amide bonds. The Hall–Kier alpha value is -2.37. The van der Waals surface area contributed by atoms with Crippen molar-refractivity contribution >= 4 is 5.91 Å². The highest BCUT2D eigenvalue weighted by molar-refractivity contribution is 5.94. The van der Waals surface area contributed by atoms with Gasteiger partial charge in [-0.2, -0.15) is 0 Å². The number of hydrogen-bond donors (Lipinski definition) is 2. The van der Waals surface area contributed by atoms with Gasteiger partial charge in [0, 0.05) is 30.9 Å². The molecule has 0 saturated heterocycles. The van der Waals surface area contributed by atoms with Crippen LogP contribution in [0.1, 0.15) is 52.4 Å². The van der Waals surface area contributed by atoms with E-state index in [0.717, 1.165) is 61.3 Å². The van der Waals surface area contributed by atoms with Crippen LogP contribution in [0, 0.1) is 6.92 Å². The summed E-state index contributed by atoms with van der Waals surface area (Å²) in [6.45, 7) is 2.69. The number of amides is 1. The number of nitrogens with one attached hydrogen (secondary N) is 2. The second-order valence-electron chi connectivity index (χ2n) is 6.88. The van der Waals surface area contributed by atoms with Crippen LogP contribution in [-0.4, -0.2) is 26.5 Å². The maximum Gasteiger partial charge on any atom is 0.261 e. The molecule has 0 spiro atoms. The molecule has 24 heavy (non-hydrogen) atoms. The fourth-order valence-electron chi connectivity index (χ4n) is 3.81. The summed E-state index contributed by atoms with van der Waals surface area (Å²) >= 11 is 0. The Balaban J connectivity index is 1.52. The molecular weight excluding hydrogens is 304 g/mol. The Labute approximate surface area is 140 Å². The minimum atomic E-state index is -0.275. The minimum absolute atomic E-state index is 0.0361. The van der Waals surface area contributed by atoms with Gasteiger partial charge in [0.2, 0.25) is 0 Å². The first kappa shape index (κ1) is 15.2. The van der Waals surface area contributed by atoms with Crippen LogP contribution in [0.25, 0.3) is 0 Å². The predicted molar refractivity (Wildman–Crippen MR) is 90.2 cm³/mol. The van der Waals surface area contributed by atoms with E-state index in [1.807, 2.05) is 13.1 Å². The quantitative estimate of drug-likeness (QED) is 0.878. The van der Waals surface area contributed by atoms with Crippen LogP contribution in [0.3, 0.4) is 0 Å². The van der Waals surface area contributed by atoms with E-state index in [1.165, 1.54) is 0 Å². The third-order valence-electron chi connectivity index (χ3n) is 5.03. The average Bonchev–Trinajstić information content (AvgIpc) is 2.93. The summed E-state index contributed by atoms with van der Waals surface area (Å²) in [5.41, 5.74) is 3.08. The molecule has 1 atom stereocenters. The molecule has 0 bridgehead atoms. The van der Waals surface area contributed by atoms with Crippen molar-refractivity contribution in [2.45, 2.75) is 58.0 Å². The van der Waals surface area contributed by atoms with Crippen molar-refractivity contribution in [1.82, 2.24) is 19.9 Å². The lowest BCUT2D eigenvalue weighted by Gasteiger charge is -2.25. The third-order valence-corrected chi connectivity index (χ3v) is 5.03. The van der Waals surface area contributed by atoms with Gasteiger partial charge in [-0.25, -0.2) is 4.98 Å². The van der Waals surface area contributed by atoms with E-state index in [1.54, 1.807) is 6.07 Å². The summed E-state index contributed by atoms with van der Waals surface area (Å²) in [6, 6.07) is 1.83. The molecule has 126 valence electrons. The maximum absolute atomic E-state index is 12.6. The van der Waals surface area contributed by atoms with Crippen molar-refractivity contribution in [3.8, 4) is 0 Å². The number of imidazole rings is 1. The van der Waals surface area contributed by atoms with Gasteiger partial charge in [0.15, 0.2) is 0 Å². The van der Waals surface area contributed by atoms with Gasteiger partial charge in [-0.1, -0.05) is 0 Å². The molecule has 2 aliphatic rings. The second-order valence-corrected chi connectivity index (χ2v) is 6.88. The molecule has 4 rings (SSSR count). The van der Waals surface area contributed by atoms with Crippen molar-refractivity contribution < 1.29 is 4.79 Å². The largest absolute Gasteiger partial charge is 0.347 e. The van der Waals surface area contributed by atoms with E-state index >= 15 is 0 Å². The molecule has 2 N–H and O–H groups in total. The molecular formula is C18H22N4O2. The fraction of sp³-hybridized carbons (Fsp3) is 0.500. The highest BCUT2D eigenvalue weighted by Crippen LogP contribution is 2.19. The minimum Gasteiger partial charge on any atom is -0.347 e. The van der Waals surface area contributed by atoms with Gasteiger partial charge in [0.1, 0.15) is 11.4 Å². The Bertz CT molecular complexity index is 849. The lowest BCUT2D eigenvalue weighted by Crippen LogP contribution is -2.42. The van der Waals surface area contributed by atoms with E-state index < -0.39 is 0 Å². The van der Waals surface area contributed by atoms with Crippen LogP contribution in [-0.2, 0) is 25.8 Å². The zero-order valence-electron chi connectivity index (χ0n) is 13.9. The molecule has 2 aromatic heterocycles. The molecule has 0 fully saturated rings. The number of fused-ring (bicyclic) bond motifs is 2. The van der Waals surface area contributed by atoms with Crippen LogP contribution >= 0.6 is 0 Å². The van der Waals surface area contributed by atoms with Gasteiger partial charge in [-0.15, -0.1) is 0 Å². The number of rotatable bonds is 2. The normalized spacial score (nSPS) is 19.5. The highest BCUT2D eigenvalue weighted by Gasteiger charge is 2.23. The van der Waals surface area contributed by atoms with E-state index in [2.05, 4.69) is 19.9 Å². The molecule has 3 heterocycles. The molecule has 0 saturated carbocycles. The highest BCUT2D eigenvalue weighted by atomic mass is 16.2. The zero-order valence-corrected chi connectivity index (χ0v) is 13.9. The van der Waals surface area contributed by atoms with Gasteiger partial charge >= 0.3 is 0 Å². The number of carbonyl (C=O) groups is 1. The monoisotopic (exact) mass is 326 g/mol. The van der Waals surface area contributed by atoms with Crippen molar-refractivity contribution in [2.24, 2.45) is 0 Å². The van der Waals surface area contributed by atoms with E-state index in [4.69, 9.17) is 0 Å². The van der Waals surface area contributed by atoms with Gasteiger partial charge in [-0.05, 0) is 50.7 Å². The van der Waals surface area contributed by atoms with Crippen LogP contribution in [0.2, 0.25) is 0 Å². The molecule has 6 nitrogen and oxygen atoms in total.